The van der Waals surface area contributed by atoms with Crippen molar-refractivity contribution in [2.24, 2.45) is 5.16 Å². The van der Waals surface area contributed by atoms with E-state index >= 15 is 0 Å². The Hall–Kier alpha value is -2.69. The van der Waals surface area contributed by atoms with Gasteiger partial charge in [-0.15, -0.1) is 0 Å². The highest BCUT2D eigenvalue weighted by Gasteiger charge is 2.06. The van der Waals surface area contributed by atoms with E-state index in [1.807, 2.05) is 59.4 Å². The van der Waals surface area contributed by atoms with Crippen LogP contribution in [0.1, 0.15) is 17.5 Å². The topological polar surface area (TPSA) is 65.6 Å². The zero-order chi connectivity index (χ0) is 14.9. The van der Waals surface area contributed by atoms with E-state index in [9.17, 15) is 4.79 Å². The Morgan fingerprint density at radius 1 is 1.19 bits per heavy atom. The molecule has 108 valence electrons. The molecule has 1 heterocycles. The van der Waals surface area contributed by atoms with Gasteiger partial charge in [-0.25, -0.2) is 4.57 Å². The van der Waals surface area contributed by atoms with Crippen molar-refractivity contribution >= 4 is 12.1 Å². The van der Waals surface area contributed by atoms with Crippen LogP contribution >= 0.6 is 0 Å². The van der Waals surface area contributed by atoms with E-state index < -0.39 is 0 Å². The molecule has 21 heavy (non-hydrogen) atoms. The number of hydrogen-bond donors (Lipinski definition) is 2. The molecule has 0 saturated carbocycles. The minimum atomic E-state index is 0.0207. The number of nitrogens with zero attached hydrogens (tertiary/aromatic N) is 2. The standard InChI is InChI=1S/C16H17N3O2/c20-16(17-12-14-4-2-1-3-5-14)8-11-19-9-6-15(7-10-19)13-18-21/h1-7,9-10,13H,8,11-12H2,(H,17,20)/p+1. The van der Waals surface area contributed by atoms with Crippen LogP contribution in [0.25, 0.3) is 0 Å². The van der Waals surface area contributed by atoms with Gasteiger partial charge in [-0.05, 0) is 5.56 Å². The predicted molar refractivity (Wildman–Crippen MR) is 78.9 cm³/mol. The first kappa shape index (κ1) is 14.7. The van der Waals surface area contributed by atoms with Crippen LogP contribution in [0.4, 0.5) is 0 Å². The molecule has 0 aliphatic heterocycles. The number of hydrogen-bond acceptors (Lipinski definition) is 3. The number of pyridine rings is 1. The van der Waals surface area contributed by atoms with E-state index in [0.29, 0.717) is 19.5 Å². The van der Waals surface area contributed by atoms with Crippen LogP contribution in [0.15, 0.2) is 60.0 Å². The second-order valence-corrected chi connectivity index (χ2v) is 4.63. The Bertz CT molecular complexity index is 595. The van der Waals surface area contributed by atoms with Crippen LogP contribution in [0.2, 0.25) is 0 Å². The lowest BCUT2D eigenvalue weighted by Crippen LogP contribution is -2.36. The molecule has 2 aromatic rings. The molecule has 1 aromatic heterocycles. The van der Waals surface area contributed by atoms with Crippen molar-refractivity contribution in [3.05, 3.63) is 66.0 Å². The molecule has 5 heteroatoms. The van der Waals surface area contributed by atoms with Crippen molar-refractivity contribution < 1.29 is 14.6 Å². The van der Waals surface area contributed by atoms with Crippen LogP contribution in [0.3, 0.4) is 0 Å². The Morgan fingerprint density at radius 2 is 1.90 bits per heavy atom. The van der Waals surface area contributed by atoms with Crippen molar-refractivity contribution in [2.45, 2.75) is 19.5 Å². The largest absolute Gasteiger partial charge is 0.411 e. The number of rotatable bonds is 6. The van der Waals surface area contributed by atoms with Gasteiger partial charge in [0, 0.05) is 24.2 Å². The molecule has 0 bridgehead atoms. The number of nitrogens with one attached hydrogen (secondary N) is 1. The molecule has 0 aliphatic carbocycles. The van der Waals surface area contributed by atoms with Gasteiger partial charge in [-0.1, -0.05) is 35.5 Å². The molecule has 0 spiro atoms. The van der Waals surface area contributed by atoms with Gasteiger partial charge >= 0.3 is 0 Å². The Morgan fingerprint density at radius 3 is 2.57 bits per heavy atom. The first-order valence-corrected chi connectivity index (χ1v) is 6.75. The summed E-state index contributed by atoms with van der Waals surface area (Å²) in [6.45, 7) is 1.16. The fraction of sp³-hybridized carbons (Fsp3) is 0.188. The van der Waals surface area contributed by atoms with Crippen LogP contribution in [-0.4, -0.2) is 17.3 Å². The molecule has 0 unspecified atom stereocenters. The van der Waals surface area contributed by atoms with Gasteiger partial charge in [0.2, 0.25) is 5.91 Å². The minimum Gasteiger partial charge on any atom is -0.411 e. The number of amides is 1. The predicted octanol–water partition coefficient (Wildman–Crippen LogP) is 1.49. The molecule has 0 aliphatic rings. The number of oxime groups is 1. The lowest BCUT2D eigenvalue weighted by Gasteiger charge is -2.04. The zero-order valence-electron chi connectivity index (χ0n) is 11.6. The second kappa shape index (κ2) is 7.79. The molecule has 0 atom stereocenters. The summed E-state index contributed by atoms with van der Waals surface area (Å²) in [5.41, 5.74) is 1.90. The maximum Gasteiger partial charge on any atom is 0.226 e. The summed E-state index contributed by atoms with van der Waals surface area (Å²) in [4.78, 5) is 11.8. The average Bonchev–Trinajstić information content (AvgIpc) is 2.53. The minimum absolute atomic E-state index is 0.0207. The summed E-state index contributed by atoms with van der Waals surface area (Å²) in [5.74, 6) is 0.0207. The molecule has 2 rings (SSSR count). The molecular formula is C16H18N3O2+. The van der Waals surface area contributed by atoms with Crippen molar-refractivity contribution in [1.82, 2.24) is 5.32 Å². The third-order valence-electron chi connectivity index (χ3n) is 3.05. The van der Waals surface area contributed by atoms with Gasteiger partial charge in [0.05, 0.1) is 12.6 Å². The molecule has 1 amide bonds. The molecule has 5 nitrogen and oxygen atoms in total. The second-order valence-electron chi connectivity index (χ2n) is 4.63. The van der Waals surface area contributed by atoms with E-state index in [0.717, 1.165) is 11.1 Å². The van der Waals surface area contributed by atoms with Crippen LogP contribution < -0.4 is 9.88 Å². The summed E-state index contributed by atoms with van der Waals surface area (Å²) in [5, 5.41) is 14.3. The first-order chi connectivity index (χ1) is 10.3. The van der Waals surface area contributed by atoms with Gasteiger partial charge in [0.15, 0.2) is 18.9 Å². The van der Waals surface area contributed by atoms with E-state index in [2.05, 4.69) is 10.5 Å². The van der Waals surface area contributed by atoms with Crippen LogP contribution in [-0.2, 0) is 17.9 Å². The van der Waals surface area contributed by atoms with Gasteiger partial charge in [-0.2, -0.15) is 0 Å². The third-order valence-corrected chi connectivity index (χ3v) is 3.05. The summed E-state index contributed by atoms with van der Waals surface area (Å²) in [7, 11) is 0. The van der Waals surface area contributed by atoms with Crippen molar-refractivity contribution in [1.29, 1.82) is 0 Å². The first-order valence-electron chi connectivity index (χ1n) is 6.75. The zero-order valence-corrected chi connectivity index (χ0v) is 11.6. The maximum absolute atomic E-state index is 11.8. The average molecular weight is 284 g/mol. The molecule has 0 fully saturated rings. The summed E-state index contributed by atoms with van der Waals surface area (Å²) in [6.07, 6.45) is 5.48. The Labute approximate surface area is 123 Å². The quantitative estimate of drug-likeness (QED) is 0.365. The third kappa shape index (κ3) is 5.06. The Kier molecular flexibility index (Phi) is 5.46. The highest BCUT2D eigenvalue weighted by molar-refractivity contribution is 5.78. The molecule has 0 radical (unpaired) electrons. The number of aromatic nitrogens is 1. The summed E-state index contributed by atoms with van der Waals surface area (Å²) >= 11 is 0. The van der Waals surface area contributed by atoms with Gasteiger partial charge in [-0.3, -0.25) is 4.79 Å². The summed E-state index contributed by atoms with van der Waals surface area (Å²) in [6, 6.07) is 13.5. The van der Waals surface area contributed by atoms with Gasteiger partial charge < -0.3 is 10.5 Å². The normalized spacial score (nSPS) is 10.7. The van der Waals surface area contributed by atoms with E-state index in [-0.39, 0.29) is 5.91 Å². The lowest BCUT2D eigenvalue weighted by molar-refractivity contribution is -0.695. The van der Waals surface area contributed by atoms with Gasteiger partial charge in [0.1, 0.15) is 0 Å². The number of carbonyl (C=O) groups is 1. The molecule has 1 aromatic carbocycles. The molecule has 2 N–H and O–H groups in total. The maximum atomic E-state index is 11.8. The van der Waals surface area contributed by atoms with E-state index in [1.165, 1.54) is 6.21 Å². The number of carbonyl (C=O) groups excluding carboxylic acids is 1. The van der Waals surface area contributed by atoms with E-state index in [4.69, 9.17) is 5.21 Å². The van der Waals surface area contributed by atoms with Crippen LogP contribution in [0, 0.1) is 0 Å². The Balaban J connectivity index is 1.76. The highest BCUT2D eigenvalue weighted by Crippen LogP contribution is 1.97. The molecular weight excluding hydrogens is 266 g/mol. The molecule has 0 saturated heterocycles. The van der Waals surface area contributed by atoms with Crippen molar-refractivity contribution in [2.75, 3.05) is 0 Å². The highest BCUT2D eigenvalue weighted by atomic mass is 16.4. The van der Waals surface area contributed by atoms with Gasteiger partial charge in [0.25, 0.3) is 0 Å². The monoisotopic (exact) mass is 284 g/mol. The fourth-order valence-corrected chi connectivity index (χ4v) is 1.89. The van der Waals surface area contributed by atoms with Crippen molar-refractivity contribution in [3.8, 4) is 0 Å². The lowest BCUT2D eigenvalue weighted by atomic mass is 10.2. The number of benzene rings is 1. The van der Waals surface area contributed by atoms with Crippen molar-refractivity contribution in [3.63, 3.8) is 0 Å². The van der Waals surface area contributed by atoms with E-state index in [1.54, 1.807) is 0 Å². The summed E-state index contributed by atoms with van der Waals surface area (Å²) < 4.78 is 1.91. The SMILES string of the molecule is O=C(CC[n+]1ccc(/C=N\O)cc1)NCc1ccccc1. The smallest absolute Gasteiger partial charge is 0.226 e. The fourth-order valence-electron chi connectivity index (χ4n) is 1.89. The van der Waals surface area contributed by atoms with Crippen LogP contribution in [0.5, 0.6) is 0 Å². The number of aryl methyl sites for hydroxylation is 1.